The van der Waals surface area contributed by atoms with Gasteiger partial charge in [0.2, 0.25) is 6.79 Å². The fraction of sp³-hybridized carbons (Fsp3) is 0.286. The van der Waals surface area contributed by atoms with Gasteiger partial charge in [0.25, 0.3) is 5.91 Å². The number of carbonyl (C=O) groups excluding carboxylic acids is 1. The first-order valence-corrected chi connectivity index (χ1v) is 9.67. The van der Waals surface area contributed by atoms with E-state index in [9.17, 15) is 10.1 Å². The number of nitrogens with one attached hydrogen (secondary N) is 1. The largest absolute Gasteiger partial charge is 0.454 e. The van der Waals surface area contributed by atoms with Crippen LogP contribution in [0.2, 0.25) is 0 Å². The monoisotopic (exact) mass is 406 g/mol. The molecule has 2 aromatic rings. The van der Waals surface area contributed by atoms with Gasteiger partial charge in [0, 0.05) is 19.0 Å². The van der Waals surface area contributed by atoms with Gasteiger partial charge in [-0.1, -0.05) is 12.1 Å². The fourth-order valence-corrected chi connectivity index (χ4v) is 4.84. The fourth-order valence-electron chi connectivity index (χ4n) is 4.47. The molecule has 0 aliphatic carbocycles. The first kappa shape index (κ1) is 17.9. The number of thiocarbonyl (C=S) groups is 1. The zero-order valence-corrected chi connectivity index (χ0v) is 16.5. The molecular weight excluding hydrogens is 388 g/mol. The summed E-state index contributed by atoms with van der Waals surface area (Å²) in [5.41, 5.74) is 1.20. The van der Waals surface area contributed by atoms with Crippen LogP contribution in [0.5, 0.6) is 11.5 Å². The van der Waals surface area contributed by atoms with Gasteiger partial charge >= 0.3 is 0 Å². The van der Waals surface area contributed by atoms with E-state index in [0.717, 1.165) is 5.56 Å². The summed E-state index contributed by atoms with van der Waals surface area (Å²) in [6, 6.07) is 14.9. The molecule has 0 saturated carbocycles. The van der Waals surface area contributed by atoms with Gasteiger partial charge in [-0.3, -0.25) is 9.69 Å². The predicted octanol–water partition coefficient (Wildman–Crippen LogP) is 1.98. The molecule has 2 aromatic carbocycles. The summed E-state index contributed by atoms with van der Waals surface area (Å²) < 4.78 is 11.0. The second-order valence-electron chi connectivity index (χ2n) is 7.57. The molecule has 5 rings (SSSR count). The van der Waals surface area contributed by atoms with Crippen molar-refractivity contribution in [2.75, 3.05) is 31.8 Å². The lowest BCUT2D eigenvalue weighted by molar-refractivity contribution is -0.122. The van der Waals surface area contributed by atoms with Gasteiger partial charge in [-0.05, 0) is 55.2 Å². The summed E-state index contributed by atoms with van der Waals surface area (Å²) >= 11 is 5.56. The average Bonchev–Trinajstić information content (AvgIpc) is 3.38. The minimum atomic E-state index is -0.873. The zero-order valence-electron chi connectivity index (χ0n) is 15.7. The topological polar surface area (TPSA) is 77.8 Å². The van der Waals surface area contributed by atoms with E-state index in [4.69, 9.17) is 21.7 Å². The number of carbonyl (C=O) groups is 1. The first-order chi connectivity index (χ1) is 14.0. The van der Waals surface area contributed by atoms with E-state index in [2.05, 4.69) is 16.3 Å². The van der Waals surface area contributed by atoms with Gasteiger partial charge in [-0.15, -0.1) is 0 Å². The number of likely N-dealkylation sites (tertiary alicyclic amines) is 1. The van der Waals surface area contributed by atoms with Crippen molar-refractivity contribution in [1.29, 1.82) is 5.26 Å². The van der Waals surface area contributed by atoms with Gasteiger partial charge < -0.3 is 19.7 Å². The summed E-state index contributed by atoms with van der Waals surface area (Å²) in [6.45, 7) is 1.44. The number of rotatable bonds is 2. The Kier molecular flexibility index (Phi) is 3.98. The Balaban J connectivity index is 1.55. The lowest BCUT2D eigenvalue weighted by Crippen LogP contribution is -2.52. The van der Waals surface area contributed by atoms with E-state index in [1.807, 2.05) is 25.2 Å². The second-order valence-corrected chi connectivity index (χ2v) is 7.95. The molecule has 1 N–H and O–H groups in total. The van der Waals surface area contributed by atoms with Crippen LogP contribution in [0.1, 0.15) is 17.0 Å². The highest BCUT2D eigenvalue weighted by Crippen LogP contribution is 2.44. The number of likely N-dealkylation sites (N-methyl/N-ethyl adjacent to an activating group) is 1. The van der Waals surface area contributed by atoms with Crippen molar-refractivity contribution in [3.8, 4) is 17.6 Å². The summed E-state index contributed by atoms with van der Waals surface area (Å²) in [6.07, 6.45) is 0. The van der Waals surface area contributed by atoms with Crippen LogP contribution in [0, 0.1) is 11.3 Å². The number of benzene rings is 2. The molecular formula is C21H18N4O3S. The molecule has 1 spiro atoms. The highest BCUT2D eigenvalue weighted by Gasteiger charge is 2.59. The van der Waals surface area contributed by atoms with E-state index in [1.54, 1.807) is 24.3 Å². The van der Waals surface area contributed by atoms with Gasteiger partial charge in [0.1, 0.15) is 5.54 Å². The smallest absolute Gasteiger partial charge is 0.261 e. The maximum Gasteiger partial charge on any atom is 0.261 e. The summed E-state index contributed by atoms with van der Waals surface area (Å²) in [4.78, 5) is 17.3. The van der Waals surface area contributed by atoms with Crippen molar-refractivity contribution in [2.24, 2.45) is 0 Å². The zero-order chi connectivity index (χ0) is 20.2. The second kappa shape index (κ2) is 6.44. The van der Waals surface area contributed by atoms with Crippen LogP contribution in [-0.4, -0.2) is 48.4 Å². The number of amides is 1. The third-order valence-electron chi connectivity index (χ3n) is 5.76. The first-order valence-electron chi connectivity index (χ1n) is 9.27. The molecule has 1 amide bonds. The number of nitriles is 1. The standard InChI is InChI=1S/C21H18N4O3S/c1-24-10-16(14-5-6-17-18(8-14)28-12-27-17)21(11-24)19(26)25(20(29)23-21)15-4-2-3-13(7-15)9-22/h2-8,16H,10-12H2,1H3,(H,23,29)/t16-,21+/m1/s1. The summed E-state index contributed by atoms with van der Waals surface area (Å²) in [5.74, 6) is 1.19. The van der Waals surface area contributed by atoms with Gasteiger partial charge in [0.05, 0.1) is 17.3 Å². The van der Waals surface area contributed by atoms with Crippen LogP contribution in [0.3, 0.4) is 0 Å². The summed E-state index contributed by atoms with van der Waals surface area (Å²) in [5, 5.41) is 12.9. The number of anilines is 1. The molecule has 8 heteroatoms. The Bertz CT molecular complexity index is 1080. The van der Waals surface area contributed by atoms with Gasteiger partial charge in [-0.2, -0.15) is 5.26 Å². The molecule has 0 bridgehead atoms. The van der Waals surface area contributed by atoms with Crippen molar-refractivity contribution < 1.29 is 14.3 Å². The van der Waals surface area contributed by atoms with Crippen LogP contribution < -0.4 is 19.7 Å². The van der Waals surface area contributed by atoms with Crippen LogP contribution in [0.25, 0.3) is 0 Å². The van der Waals surface area contributed by atoms with Gasteiger partial charge in [-0.25, -0.2) is 0 Å². The average molecular weight is 406 g/mol. The molecule has 0 aromatic heterocycles. The highest BCUT2D eigenvalue weighted by molar-refractivity contribution is 7.80. The SMILES string of the molecule is CN1C[C@H](c2ccc3c(c2)OCO3)[C@]2(C1)NC(=S)N(c1cccc(C#N)c1)C2=O. The minimum Gasteiger partial charge on any atom is -0.454 e. The Hall–Kier alpha value is -3.15. The molecule has 7 nitrogen and oxygen atoms in total. The molecule has 3 aliphatic heterocycles. The van der Waals surface area contributed by atoms with E-state index < -0.39 is 5.54 Å². The summed E-state index contributed by atoms with van der Waals surface area (Å²) in [7, 11) is 1.99. The number of fused-ring (bicyclic) bond motifs is 1. The molecule has 0 unspecified atom stereocenters. The van der Waals surface area contributed by atoms with Gasteiger partial charge in [0.15, 0.2) is 16.6 Å². The van der Waals surface area contributed by atoms with Crippen LogP contribution >= 0.6 is 12.2 Å². The number of hydrogen-bond acceptors (Lipinski definition) is 6. The van der Waals surface area contributed by atoms with Crippen molar-refractivity contribution >= 4 is 28.9 Å². The van der Waals surface area contributed by atoms with E-state index >= 15 is 0 Å². The number of hydrogen-bond donors (Lipinski definition) is 1. The predicted molar refractivity (Wildman–Crippen MR) is 110 cm³/mol. The van der Waals surface area contributed by atoms with E-state index in [-0.39, 0.29) is 18.6 Å². The van der Waals surface area contributed by atoms with E-state index in [1.165, 1.54) is 4.90 Å². The van der Waals surface area contributed by atoms with Crippen molar-refractivity contribution in [3.63, 3.8) is 0 Å². The molecule has 2 fully saturated rings. The molecule has 2 saturated heterocycles. The Labute approximate surface area is 173 Å². The Morgan fingerprint density at radius 3 is 2.90 bits per heavy atom. The molecule has 0 radical (unpaired) electrons. The lowest BCUT2D eigenvalue weighted by Gasteiger charge is -2.28. The number of ether oxygens (including phenoxy) is 2. The molecule has 2 atom stereocenters. The quantitative estimate of drug-likeness (QED) is 0.764. The highest BCUT2D eigenvalue weighted by atomic mass is 32.1. The lowest BCUT2D eigenvalue weighted by atomic mass is 9.81. The van der Waals surface area contributed by atoms with Crippen molar-refractivity contribution in [3.05, 3.63) is 53.6 Å². The Morgan fingerprint density at radius 1 is 1.24 bits per heavy atom. The van der Waals surface area contributed by atoms with Crippen molar-refractivity contribution in [1.82, 2.24) is 10.2 Å². The molecule has 146 valence electrons. The maximum atomic E-state index is 13.7. The van der Waals surface area contributed by atoms with Crippen LogP contribution in [-0.2, 0) is 4.79 Å². The normalized spacial score (nSPS) is 25.5. The van der Waals surface area contributed by atoms with Crippen LogP contribution in [0.15, 0.2) is 42.5 Å². The number of nitrogens with zero attached hydrogens (tertiary/aromatic N) is 3. The third-order valence-corrected chi connectivity index (χ3v) is 6.04. The molecule has 29 heavy (non-hydrogen) atoms. The molecule has 3 aliphatic rings. The third kappa shape index (κ3) is 2.66. The van der Waals surface area contributed by atoms with Crippen LogP contribution in [0.4, 0.5) is 5.69 Å². The molecule has 3 heterocycles. The maximum absolute atomic E-state index is 13.7. The van der Waals surface area contributed by atoms with Crippen molar-refractivity contribution in [2.45, 2.75) is 11.5 Å². The Morgan fingerprint density at radius 2 is 2.07 bits per heavy atom. The minimum absolute atomic E-state index is 0.107. The van der Waals surface area contributed by atoms with E-state index in [0.29, 0.717) is 41.0 Å².